The topological polar surface area (TPSA) is 112 Å². The number of amides is 1. The van der Waals surface area contributed by atoms with Crippen LogP contribution >= 0.6 is 0 Å². The molecule has 0 saturated carbocycles. The SMILES string of the molecule is CC(C)(C)NC(=O)[C@@H]1CCCN(S(=O)(=O)c2ccc3[nH]c(=O)oc3c2)C1. The fourth-order valence-electron chi connectivity index (χ4n) is 3.08. The zero-order chi connectivity index (χ0) is 19.1. The van der Waals surface area contributed by atoms with Crippen LogP contribution in [0, 0.1) is 5.92 Å². The normalized spacial score (nSPS) is 19.6. The second-order valence-electron chi connectivity index (χ2n) is 7.61. The van der Waals surface area contributed by atoms with Gasteiger partial charge in [-0.05, 0) is 45.7 Å². The molecule has 1 atom stereocenters. The Balaban J connectivity index is 1.83. The lowest BCUT2D eigenvalue weighted by Gasteiger charge is -2.33. The molecule has 3 rings (SSSR count). The number of benzene rings is 1. The molecule has 0 unspecified atom stereocenters. The molecule has 0 aliphatic carbocycles. The summed E-state index contributed by atoms with van der Waals surface area (Å²) in [6, 6.07) is 4.27. The Kier molecular flexibility index (Phi) is 4.70. The van der Waals surface area contributed by atoms with Gasteiger partial charge in [0.25, 0.3) is 0 Å². The first-order valence-electron chi connectivity index (χ1n) is 8.51. The van der Waals surface area contributed by atoms with Crippen LogP contribution in [0.3, 0.4) is 0 Å². The van der Waals surface area contributed by atoms with Gasteiger partial charge in [-0.1, -0.05) is 0 Å². The van der Waals surface area contributed by atoms with Gasteiger partial charge in [-0.2, -0.15) is 4.31 Å². The van der Waals surface area contributed by atoms with E-state index in [4.69, 9.17) is 4.42 Å². The number of carbonyl (C=O) groups is 1. The Labute approximate surface area is 151 Å². The summed E-state index contributed by atoms with van der Waals surface area (Å²) in [5.41, 5.74) is 0.264. The van der Waals surface area contributed by atoms with Gasteiger partial charge in [0.15, 0.2) is 5.58 Å². The first kappa shape index (κ1) is 18.7. The lowest BCUT2D eigenvalue weighted by atomic mass is 9.97. The zero-order valence-corrected chi connectivity index (χ0v) is 15.9. The third-order valence-electron chi connectivity index (χ3n) is 4.28. The van der Waals surface area contributed by atoms with Crippen molar-refractivity contribution in [3.8, 4) is 0 Å². The Morgan fingerprint density at radius 3 is 2.77 bits per heavy atom. The molecule has 1 aromatic carbocycles. The van der Waals surface area contributed by atoms with Gasteiger partial charge in [0.05, 0.1) is 16.3 Å². The van der Waals surface area contributed by atoms with Crippen LogP contribution in [-0.2, 0) is 14.8 Å². The van der Waals surface area contributed by atoms with Crippen molar-refractivity contribution in [2.75, 3.05) is 13.1 Å². The van der Waals surface area contributed by atoms with Crippen molar-refractivity contribution in [2.24, 2.45) is 5.92 Å². The molecular formula is C17H23N3O5S. The molecule has 1 saturated heterocycles. The molecule has 0 bridgehead atoms. The van der Waals surface area contributed by atoms with Gasteiger partial charge in [0.2, 0.25) is 15.9 Å². The third-order valence-corrected chi connectivity index (χ3v) is 6.14. The Morgan fingerprint density at radius 2 is 2.08 bits per heavy atom. The lowest BCUT2D eigenvalue weighted by Crippen LogP contribution is -2.49. The van der Waals surface area contributed by atoms with Crippen LogP contribution < -0.4 is 11.1 Å². The van der Waals surface area contributed by atoms with E-state index in [1.165, 1.54) is 22.5 Å². The summed E-state index contributed by atoms with van der Waals surface area (Å²) in [6.07, 6.45) is 1.27. The summed E-state index contributed by atoms with van der Waals surface area (Å²) in [4.78, 5) is 26.2. The molecule has 8 nitrogen and oxygen atoms in total. The van der Waals surface area contributed by atoms with Gasteiger partial charge in [0.1, 0.15) is 0 Å². The highest BCUT2D eigenvalue weighted by molar-refractivity contribution is 7.89. The van der Waals surface area contributed by atoms with E-state index in [1.54, 1.807) is 0 Å². The summed E-state index contributed by atoms with van der Waals surface area (Å²) in [7, 11) is -3.78. The predicted octanol–water partition coefficient (Wildman–Crippen LogP) is 1.44. The summed E-state index contributed by atoms with van der Waals surface area (Å²) < 4.78 is 32.2. The predicted molar refractivity (Wildman–Crippen MR) is 96.2 cm³/mol. The van der Waals surface area contributed by atoms with Crippen LogP contribution in [0.2, 0.25) is 0 Å². The highest BCUT2D eigenvalue weighted by Gasteiger charge is 2.34. The quantitative estimate of drug-likeness (QED) is 0.835. The molecule has 2 aromatic rings. The molecule has 0 spiro atoms. The van der Waals surface area contributed by atoms with E-state index in [2.05, 4.69) is 10.3 Å². The van der Waals surface area contributed by atoms with Crippen LogP contribution in [-0.4, -0.2) is 42.2 Å². The largest absolute Gasteiger partial charge is 0.417 e. The van der Waals surface area contributed by atoms with Crippen LogP contribution in [0.4, 0.5) is 0 Å². The molecule has 1 amide bonds. The summed E-state index contributed by atoms with van der Waals surface area (Å²) in [6.45, 7) is 6.17. The maximum atomic E-state index is 13.0. The maximum absolute atomic E-state index is 13.0. The number of nitrogens with one attached hydrogen (secondary N) is 2. The molecule has 9 heteroatoms. The van der Waals surface area contributed by atoms with Gasteiger partial charge >= 0.3 is 5.76 Å². The van der Waals surface area contributed by atoms with Crippen LogP contribution in [0.5, 0.6) is 0 Å². The van der Waals surface area contributed by atoms with E-state index in [0.29, 0.717) is 24.9 Å². The van der Waals surface area contributed by atoms with Crippen LogP contribution in [0.25, 0.3) is 11.1 Å². The number of sulfonamides is 1. The van der Waals surface area contributed by atoms with Crippen molar-refractivity contribution in [3.05, 3.63) is 28.7 Å². The number of H-pyrrole nitrogens is 1. The molecule has 2 heterocycles. The standard InChI is InChI=1S/C17H23N3O5S/c1-17(2,3)19-15(21)11-5-4-8-20(10-11)26(23,24)12-6-7-13-14(9-12)25-16(22)18-13/h6-7,9,11H,4-5,8,10H2,1-3H3,(H,18,22)(H,19,21)/t11-/m1/s1. The van der Waals surface area contributed by atoms with Gasteiger partial charge in [-0.15, -0.1) is 0 Å². The zero-order valence-electron chi connectivity index (χ0n) is 15.0. The fraction of sp³-hybridized carbons (Fsp3) is 0.529. The maximum Gasteiger partial charge on any atom is 0.417 e. The van der Waals surface area contributed by atoms with E-state index in [9.17, 15) is 18.0 Å². The van der Waals surface area contributed by atoms with Crippen molar-refractivity contribution >= 4 is 27.0 Å². The molecular weight excluding hydrogens is 358 g/mol. The molecule has 2 N–H and O–H groups in total. The molecule has 1 aliphatic heterocycles. The summed E-state index contributed by atoms with van der Waals surface area (Å²) >= 11 is 0. The van der Waals surface area contributed by atoms with Crippen LogP contribution in [0.1, 0.15) is 33.6 Å². The van der Waals surface area contributed by atoms with Gasteiger partial charge in [0, 0.05) is 24.7 Å². The molecule has 1 aliphatic rings. The Morgan fingerprint density at radius 1 is 1.35 bits per heavy atom. The van der Waals surface area contributed by atoms with E-state index < -0.39 is 15.8 Å². The molecule has 1 aromatic heterocycles. The summed E-state index contributed by atoms with van der Waals surface area (Å²) in [5.74, 6) is -1.15. The van der Waals surface area contributed by atoms with E-state index >= 15 is 0 Å². The monoisotopic (exact) mass is 381 g/mol. The van der Waals surface area contributed by atoms with Crippen LogP contribution in [0.15, 0.2) is 32.3 Å². The average molecular weight is 381 g/mol. The summed E-state index contributed by atoms with van der Waals surface area (Å²) in [5, 5.41) is 2.91. The Hall–Kier alpha value is -2.13. The number of hydrogen-bond acceptors (Lipinski definition) is 5. The van der Waals surface area contributed by atoms with Crippen molar-refractivity contribution in [1.29, 1.82) is 0 Å². The van der Waals surface area contributed by atoms with Gasteiger partial charge in [-0.3, -0.25) is 9.78 Å². The number of carbonyl (C=O) groups excluding carboxylic acids is 1. The first-order valence-corrected chi connectivity index (χ1v) is 9.95. The highest BCUT2D eigenvalue weighted by atomic mass is 32.2. The minimum atomic E-state index is -3.78. The Bertz CT molecular complexity index is 984. The fourth-order valence-corrected chi connectivity index (χ4v) is 4.62. The lowest BCUT2D eigenvalue weighted by molar-refractivity contribution is -0.127. The number of nitrogens with zero attached hydrogens (tertiary/aromatic N) is 1. The van der Waals surface area contributed by atoms with Crippen molar-refractivity contribution < 1.29 is 17.6 Å². The first-order chi connectivity index (χ1) is 12.1. The minimum absolute atomic E-state index is 0.0460. The second kappa shape index (κ2) is 6.55. The smallest absolute Gasteiger partial charge is 0.408 e. The number of oxazole rings is 1. The highest BCUT2D eigenvalue weighted by Crippen LogP contribution is 2.26. The van der Waals surface area contributed by atoms with E-state index in [1.807, 2.05) is 20.8 Å². The molecule has 1 fully saturated rings. The number of hydrogen-bond donors (Lipinski definition) is 2. The molecule has 26 heavy (non-hydrogen) atoms. The number of rotatable bonds is 3. The number of fused-ring (bicyclic) bond motifs is 1. The molecule has 142 valence electrons. The van der Waals surface area contributed by atoms with Crippen molar-refractivity contribution in [2.45, 2.75) is 44.0 Å². The number of aromatic amines is 1. The van der Waals surface area contributed by atoms with Gasteiger partial charge < -0.3 is 9.73 Å². The molecule has 0 radical (unpaired) electrons. The van der Waals surface area contributed by atoms with Gasteiger partial charge in [-0.25, -0.2) is 13.2 Å². The van der Waals surface area contributed by atoms with E-state index in [0.717, 1.165) is 0 Å². The minimum Gasteiger partial charge on any atom is -0.408 e. The average Bonchev–Trinajstić information content (AvgIpc) is 2.92. The van der Waals surface area contributed by atoms with E-state index in [-0.39, 0.29) is 34.4 Å². The van der Waals surface area contributed by atoms with Crippen molar-refractivity contribution in [3.63, 3.8) is 0 Å². The van der Waals surface area contributed by atoms with Crippen molar-refractivity contribution in [1.82, 2.24) is 14.6 Å². The third kappa shape index (κ3) is 3.83. The second-order valence-corrected chi connectivity index (χ2v) is 9.55. The number of piperidine rings is 1. The number of aromatic nitrogens is 1.